The van der Waals surface area contributed by atoms with E-state index in [0.717, 1.165) is 24.0 Å². The fourth-order valence-corrected chi connectivity index (χ4v) is 6.71. The number of methoxy groups -OCH3 is 2. The number of rotatable bonds is 10. The molecule has 194 valence electrons. The van der Waals surface area contributed by atoms with Crippen LogP contribution in [0.5, 0.6) is 11.5 Å². The van der Waals surface area contributed by atoms with Crippen LogP contribution in [0.4, 0.5) is 0 Å². The standard InChI is InChI=1S/C28H35NO5S2/c1-5-7-18-10-17(2)23(11-18)29-27(31)26(36-28(29)35)16-25-19(8-6-9-30)14-24(34-25)20-12-21(32-3)15-22(13-20)33-4/h12-18,23,30H,5-11H2,1-4H3/b26-16-. The zero-order valence-electron chi connectivity index (χ0n) is 21.4. The summed E-state index contributed by atoms with van der Waals surface area (Å²) in [6.45, 7) is 4.53. The smallest absolute Gasteiger partial charge is 0.266 e. The molecule has 8 heteroatoms. The van der Waals surface area contributed by atoms with Gasteiger partial charge in [0, 0.05) is 30.4 Å². The highest BCUT2D eigenvalue weighted by atomic mass is 32.2. The third-order valence-corrected chi connectivity index (χ3v) is 8.46. The number of furan rings is 1. The Morgan fingerprint density at radius 1 is 1.19 bits per heavy atom. The first-order valence-electron chi connectivity index (χ1n) is 12.6. The molecule has 36 heavy (non-hydrogen) atoms. The Hall–Kier alpha value is -2.29. The zero-order valence-corrected chi connectivity index (χ0v) is 23.0. The number of aliphatic hydroxyl groups is 1. The number of thioether (sulfide) groups is 1. The van der Waals surface area contributed by atoms with Crippen molar-refractivity contribution in [1.29, 1.82) is 0 Å². The molecule has 1 saturated heterocycles. The molecule has 4 rings (SSSR count). The molecule has 6 nitrogen and oxygen atoms in total. The average molecular weight is 530 g/mol. The van der Waals surface area contributed by atoms with E-state index in [1.54, 1.807) is 20.3 Å². The molecule has 1 saturated carbocycles. The summed E-state index contributed by atoms with van der Waals surface area (Å²) >= 11 is 7.03. The number of nitrogens with zero attached hydrogens (tertiary/aromatic N) is 1. The molecule has 1 aliphatic carbocycles. The van der Waals surface area contributed by atoms with E-state index >= 15 is 0 Å². The number of carbonyl (C=O) groups is 1. The summed E-state index contributed by atoms with van der Waals surface area (Å²) in [4.78, 5) is 15.9. The van der Waals surface area contributed by atoms with Crippen LogP contribution in [0, 0.1) is 11.8 Å². The summed E-state index contributed by atoms with van der Waals surface area (Å²) in [5.41, 5.74) is 1.74. The van der Waals surface area contributed by atoms with Crippen molar-refractivity contribution in [2.75, 3.05) is 20.8 Å². The van der Waals surface area contributed by atoms with E-state index in [-0.39, 0.29) is 18.6 Å². The molecule has 0 bridgehead atoms. The van der Waals surface area contributed by atoms with E-state index in [1.165, 1.54) is 24.6 Å². The molecule has 2 aliphatic rings. The van der Waals surface area contributed by atoms with Crippen LogP contribution in [0.1, 0.15) is 57.3 Å². The maximum Gasteiger partial charge on any atom is 0.266 e. The van der Waals surface area contributed by atoms with Gasteiger partial charge in [-0.2, -0.15) is 0 Å². The summed E-state index contributed by atoms with van der Waals surface area (Å²) in [7, 11) is 3.22. The number of amides is 1. The Bertz CT molecular complexity index is 1120. The maximum absolute atomic E-state index is 13.5. The largest absolute Gasteiger partial charge is 0.497 e. The lowest BCUT2D eigenvalue weighted by molar-refractivity contribution is -0.124. The second-order valence-corrected chi connectivity index (χ2v) is 11.3. The zero-order chi connectivity index (χ0) is 25.8. The molecule has 1 aromatic carbocycles. The van der Waals surface area contributed by atoms with Crippen molar-refractivity contribution in [3.05, 3.63) is 40.5 Å². The number of carbonyl (C=O) groups excluding carboxylic acids is 1. The van der Waals surface area contributed by atoms with E-state index in [0.29, 0.717) is 56.9 Å². The minimum Gasteiger partial charge on any atom is -0.497 e. The third-order valence-electron chi connectivity index (χ3n) is 7.13. The molecule has 2 fully saturated rings. The number of aliphatic hydroxyl groups excluding tert-OH is 1. The van der Waals surface area contributed by atoms with Gasteiger partial charge in [-0.1, -0.05) is 50.7 Å². The van der Waals surface area contributed by atoms with Gasteiger partial charge in [-0.3, -0.25) is 9.69 Å². The molecular formula is C28H35NO5S2. The first-order chi connectivity index (χ1) is 17.4. The van der Waals surface area contributed by atoms with Gasteiger partial charge in [0.2, 0.25) is 0 Å². The van der Waals surface area contributed by atoms with Gasteiger partial charge in [0.25, 0.3) is 5.91 Å². The van der Waals surface area contributed by atoms with E-state index in [9.17, 15) is 9.90 Å². The third kappa shape index (κ3) is 5.66. The predicted octanol–water partition coefficient (Wildman–Crippen LogP) is 6.30. The van der Waals surface area contributed by atoms with Crippen molar-refractivity contribution >= 4 is 40.3 Å². The molecule has 3 atom stereocenters. The second-order valence-electron chi connectivity index (χ2n) is 9.65. The number of hydrogen-bond donors (Lipinski definition) is 1. The number of benzene rings is 1. The monoisotopic (exact) mass is 529 g/mol. The van der Waals surface area contributed by atoms with Gasteiger partial charge in [-0.05, 0) is 61.3 Å². The van der Waals surface area contributed by atoms with Gasteiger partial charge in [0.05, 0.1) is 19.1 Å². The van der Waals surface area contributed by atoms with Crippen LogP contribution >= 0.6 is 24.0 Å². The average Bonchev–Trinajstić information content (AvgIpc) is 3.52. The van der Waals surface area contributed by atoms with Crippen LogP contribution in [-0.2, 0) is 11.2 Å². The normalized spacial score (nSPS) is 23.2. The fraction of sp³-hybridized carbons (Fsp3) is 0.500. The Balaban J connectivity index is 1.64. The van der Waals surface area contributed by atoms with E-state index < -0.39 is 0 Å². The van der Waals surface area contributed by atoms with Crippen LogP contribution in [0.25, 0.3) is 17.4 Å². The molecule has 0 radical (unpaired) electrons. The molecule has 0 spiro atoms. The van der Waals surface area contributed by atoms with Gasteiger partial charge in [0.15, 0.2) is 0 Å². The molecule has 1 amide bonds. The Morgan fingerprint density at radius 3 is 2.56 bits per heavy atom. The fourth-order valence-electron chi connectivity index (χ4n) is 5.36. The Labute approximate surface area is 223 Å². The Kier molecular flexibility index (Phi) is 8.80. The van der Waals surface area contributed by atoms with Crippen molar-refractivity contribution in [1.82, 2.24) is 4.90 Å². The molecule has 1 aliphatic heterocycles. The molecule has 1 aromatic heterocycles. The molecular weight excluding hydrogens is 494 g/mol. The van der Waals surface area contributed by atoms with Gasteiger partial charge in [0.1, 0.15) is 27.3 Å². The van der Waals surface area contributed by atoms with Crippen molar-refractivity contribution in [2.45, 2.75) is 58.4 Å². The molecule has 1 N–H and O–H groups in total. The van der Waals surface area contributed by atoms with Crippen LogP contribution in [-0.4, -0.2) is 47.1 Å². The van der Waals surface area contributed by atoms with E-state index in [4.69, 9.17) is 26.1 Å². The van der Waals surface area contributed by atoms with Crippen LogP contribution < -0.4 is 9.47 Å². The van der Waals surface area contributed by atoms with Gasteiger partial charge < -0.3 is 19.0 Å². The highest BCUT2D eigenvalue weighted by Gasteiger charge is 2.43. The lowest BCUT2D eigenvalue weighted by atomic mass is 10.0. The molecule has 2 aromatic rings. The predicted molar refractivity (Wildman–Crippen MR) is 148 cm³/mol. The SMILES string of the molecule is CCCC1CC(C)C(N2C(=O)/C(=C/c3oc(-c4cc(OC)cc(OC)c4)cc3CCCO)SC2=S)C1. The van der Waals surface area contributed by atoms with Gasteiger partial charge in [-0.15, -0.1) is 0 Å². The first-order valence-corrected chi connectivity index (χ1v) is 13.8. The summed E-state index contributed by atoms with van der Waals surface area (Å²) in [6.07, 6.45) is 7.57. The van der Waals surface area contributed by atoms with Crippen molar-refractivity contribution in [2.24, 2.45) is 11.8 Å². The highest BCUT2D eigenvalue weighted by molar-refractivity contribution is 8.26. The quantitative estimate of drug-likeness (QED) is 0.286. The first kappa shape index (κ1) is 26.8. The van der Waals surface area contributed by atoms with Crippen molar-refractivity contribution < 1.29 is 23.8 Å². The number of aryl methyl sites for hydroxylation is 1. The topological polar surface area (TPSA) is 72.1 Å². The number of thiocarbonyl (C=S) groups is 1. The summed E-state index contributed by atoms with van der Waals surface area (Å²) in [6, 6.07) is 7.69. The number of ether oxygens (including phenoxy) is 2. The highest BCUT2D eigenvalue weighted by Crippen LogP contribution is 2.43. The molecule has 2 heterocycles. The maximum atomic E-state index is 13.5. The van der Waals surface area contributed by atoms with Crippen LogP contribution in [0.2, 0.25) is 0 Å². The van der Waals surface area contributed by atoms with Gasteiger partial charge >= 0.3 is 0 Å². The van der Waals surface area contributed by atoms with E-state index in [2.05, 4.69) is 13.8 Å². The lowest BCUT2D eigenvalue weighted by Gasteiger charge is -2.26. The lowest BCUT2D eigenvalue weighted by Crippen LogP contribution is -2.40. The molecule has 3 unspecified atom stereocenters. The van der Waals surface area contributed by atoms with Crippen LogP contribution in [0.3, 0.4) is 0 Å². The summed E-state index contributed by atoms with van der Waals surface area (Å²) < 4.78 is 17.7. The second kappa shape index (κ2) is 11.8. The minimum absolute atomic E-state index is 0.0342. The summed E-state index contributed by atoms with van der Waals surface area (Å²) in [5, 5.41) is 9.42. The minimum atomic E-state index is -0.0342. The van der Waals surface area contributed by atoms with Gasteiger partial charge in [-0.25, -0.2) is 0 Å². The van der Waals surface area contributed by atoms with E-state index in [1.807, 2.05) is 29.2 Å². The van der Waals surface area contributed by atoms with Crippen molar-refractivity contribution in [3.63, 3.8) is 0 Å². The number of hydrogen-bond acceptors (Lipinski definition) is 7. The van der Waals surface area contributed by atoms with Crippen molar-refractivity contribution in [3.8, 4) is 22.8 Å². The van der Waals surface area contributed by atoms with Crippen LogP contribution in [0.15, 0.2) is 33.6 Å². The summed E-state index contributed by atoms with van der Waals surface area (Å²) in [5.74, 6) is 3.63. The Morgan fingerprint density at radius 2 is 1.92 bits per heavy atom.